The quantitative estimate of drug-likeness (QED) is 0.586. The van der Waals surface area contributed by atoms with Crippen molar-refractivity contribution in [2.75, 3.05) is 5.32 Å². The summed E-state index contributed by atoms with van der Waals surface area (Å²) in [5.41, 5.74) is 3.92. The maximum atomic E-state index is 11.4. The molecule has 0 unspecified atom stereocenters. The molecule has 1 aliphatic rings. The summed E-state index contributed by atoms with van der Waals surface area (Å²) < 4.78 is 0. The molecule has 154 valence electrons. The van der Waals surface area contributed by atoms with Crippen LogP contribution in [-0.4, -0.2) is 28.0 Å². The maximum absolute atomic E-state index is 11.4. The van der Waals surface area contributed by atoms with Gasteiger partial charge in [-0.25, -0.2) is 9.97 Å². The molecule has 0 aliphatic heterocycles. The van der Waals surface area contributed by atoms with Crippen molar-refractivity contribution in [2.45, 2.75) is 44.7 Å². The summed E-state index contributed by atoms with van der Waals surface area (Å²) in [6.07, 6.45) is 5.61. The maximum Gasteiger partial charge on any atom is 0.223 e. The summed E-state index contributed by atoms with van der Waals surface area (Å²) in [4.78, 5) is 20.5. The molecule has 1 heterocycles. The number of hydrogen-bond acceptors (Lipinski definition) is 4. The van der Waals surface area contributed by atoms with Crippen LogP contribution in [0.2, 0.25) is 5.02 Å². The van der Waals surface area contributed by atoms with Crippen LogP contribution in [0.1, 0.15) is 32.6 Å². The third-order valence-electron chi connectivity index (χ3n) is 5.40. The Morgan fingerprint density at radius 2 is 1.73 bits per heavy atom. The van der Waals surface area contributed by atoms with Crippen molar-refractivity contribution in [3.05, 3.63) is 65.8 Å². The molecule has 1 saturated carbocycles. The predicted octanol–water partition coefficient (Wildman–Crippen LogP) is 5.32. The Bertz CT molecular complexity index is 1020. The molecule has 5 nitrogen and oxygen atoms in total. The van der Waals surface area contributed by atoms with Crippen LogP contribution >= 0.6 is 11.6 Å². The summed E-state index contributed by atoms with van der Waals surface area (Å²) in [5.74, 6) is 0.581. The van der Waals surface area contributed by atoms with Crippen molar-refractivity contribution in [1.82, 2.24) is 15.3 Å². The highest BCUT2D eigenvalue weighted by Crippen LogP contribution is 2.30. The molecule has 30 heavy (non-hydrogen) atoms. The van der Waals surface area contributed by atoms with Crippen molar-refractivity contribution in [3.63, 3.8) is 0 Å². The van der Waals surface area contributed by atoms with E-state index in [0.29, 0.717) is 16.7 Å². The molecule has 1 aliphatic carbocycles. The molecular formula is C24H25ClN4O. The van der Waals surface area contributed by atoms with E-state index in [1.165, 1.54) is 0 Å². The van der Waals surface area contributed by atoms with Crippen molar-refractivity contribution in [1.29, 1.82) is 0 Å². The van der Waals surface area contributed by atoms with Crippen molar-refractivity contribution >= 4 is 23.5 Å². The molecule has 4 rings (SSSR count). The van der Waals surface area contributed by atoms with Gasteiger partial charge in [0.15, 0.2) is 0 Å². The second-order valence-corrected chi connectivity index (χ2v) is 8.15. The van der Waals surface area contributed by atoms with E-state index in [4.69, 9.17) is 16.6 Å². The Labute approximate surface area is 181 Å². The van der Waals surface area contributed by atoms with Gasteiger partial charge in [0, 0.05) is 24.6 Å². The van der Waals surface area contributed by atoms with Crippen LogP contribution < -0.4 is 10.6 Å². The largest absolute Gasteiger partial charge is 0.354 e. The molecule has 1 amide bonds. The number of aromatic nitrogens is 2. The van der Waals surface area contributed by atoms with Crippen LogP contribution in [0.25, 0.3) is 22.4 Å². The van der Waals surface area contributed by atoms with Crippen molar-refractivity contribution in [3.8, 4) is 22.4 Å². The zero-order valence-electron chi connectivity index (χ0n) is 16.9. The van der Waals surface area contributed by atoms with E-state index in [0.717, 1.165) is 42.4 Å². The van der Waals surface area contributed by atoms with Gasteiger partial charge in [0.25, 0.3) is 0 Å². The van der Waals surface area contributed by atoms with Gasteiger partial charge >= 0.3 is 0 Å². The summed E-state index contributed by atoms with van der Waals surface area (Å²) in [7, 11) is 0. The Morgan fingerprint density at radius 1 is 1.00 bits per heavy atom. The molecular weight excluding hydrogens is 396 g/mol. The minimum absolute atomic E-state index is 0.0176. The first kappa shape index (κ1) is 20.4. The Morgan fingerprint density at radius 3 is 2.53 bits per heavy atom. The monoisotopic (exact) mass is 420 g/mol. The minimum atomic E-state index is 0.0176. The molecule has 2 N–H and O–H groups in total. The number of benzene rings is 2. The lowest BCUT2D eigenvalue weighted by molar-refractivity contribution is -0.119. The Hall–Kier alpha value is -2.92. The smallest absolute Gasteiger partial charge is 0.223 e. The second-order valence-electron chi connectivity index (χ2n) is 7.74. The lowest BCUT2D eigenvalue weighted by atomic mass is 9.91. The molecule has 0 radical (unpaired) electrons. The third-order valence-corrected chi connectivity index (χ3v) is 5.68. The van der Waals surface area contributed by atoms with Gasteiger partial charge in [0.2, 0.25) is 11.9 Å². The van der Waals surface area contributed by atoms with Crippen LogP contribution in [0.4, 0.5) is 5.95 Å². The van der Waals surface area contributed by atoms with Gasteiger partial charge in [-0.05, 0) is 42.9 Å². The number of hydrogen-bond donors (Lipinski definition) is 2. The fourth-order valence-electron chi connectivity index (χ4n) is 4.04. The molecule has 3 aromatic rings. The highest BCUT2D eigenvalue weighted by molar-refractivity contribution is 6.32. The number of nitrogens with one attached hydrogen (secondary N) is 2. The normalized spacial score (nSPS) is 18.6. The lowest BCUT2D eigenvalue weighted by Gasteiger charge is -2.30. The predicted molar refractivity (Wildman–Crippen MR) is 121 cm³/mol. The number of anilines is 1. The van der Waals surface area contributed by atoms with Gasteiger partial charge in [-0.15, -0.1) is 0 Å². The van der Waals surface area contributed by atoms with E-state index in [1.54, 1.807) is 13.1 Å². The highest BCUT2D eigenvalue weighted by atomic mass is 35.5. The Balaban J connectivity index is 1.55. The number of halogens is 1. The SMILES string of the molecule is CC(=O)N[C@H]1CCC[C@H](Nc2ncc(Cl)c(-c3cccc(-c4ccccc4)c3)n2)C1. The lowest BCUT2D eigenvalue weighted by Crippen LogP contribution is -2.41. The molecule has 1 fully saturated rings. The fraction of sp³-hybridized carbons (Fsp3) is 0.292. The zero-order chi connectivity index (χ0) is 20.9. The molecule has 0 bridgehead atoms. The van der Waals surface area contributed by atoms with E-state index in [1.807, 2.05) is 30.3 Å². The summed E-state index contributed by atoms with van der Waals surface area (Å²) in [5, 5.41) is 6.98. The number of carbonyl (C=O) groups is 1. The van der Waals surface area contributed by atoms with E-state index >= 15 is 0 Å². The number of nitrogens with zero attached hydrogens (tertiary/aromatic N) is 2. The molecule has 1 aromatic heterocycles. The van der Waals surface area contributed by atoms with Gasteiger partial charge in [0.05, 0.1) is 16.9 Å². The average molecular weight is 421 g/mol. The minimum Gasteiger partial charge on any atom is -0.354 e. The van der Waals surface area contributed by atoms with Gasteiger partial charge in [0.1, 0.15) is 0 Å². The molecule has 0 saturated heterocycles. The first-order valence-electron chi connectivity index (χ1n) is 10.3. The van der Waals surface area contributed by atoms with Crippen LogP contribution in [0, 0.1) is 0 Å². The molecule has 2 aromatic carbocycles. The van der Waals surface area contributed by atoms with E-state index < -0.39 is 0 Å². The average Bonchev–Trinajstić information content (AvgIpc) is 2.76. The standard InChI is InChI=1S/C24H25ClN4O/c1-16(30)27-20-11-6-12-21(14-20)28-24-26-15-22(25)23(29-24)19-10-5-9-18(13-19)17-7-3-2-4-8-17/h2-5,7-10,13,15,20-21H,6,11-12,14H2,1H3,(H,27,30)(H,26,28,29)/t20-,21-/m0/s1. The zero-order valence-corrected chi connectivity index (χ0v) is 17.7. The topological polar surface area (TPSA) is 66.9 Å². The van der Waals surface area contributed by atoms with Crippen LogP contribution in [0.15, 0.2) is 60.8 Å². The van der Waals surface area contributed by atoms with E-state index in [-0.39, 0.29) is 18.0 Å². The van der Waals surface area contributed by atoms with Gasteiger partial charge < -0.3 is 10.6 Å². The van der Waals surface area contributed by atoms with E-state index in [2.05, 4.69) is 39.9 Å². The van der Waals surface area contributed by atoms with Crippen LogP contribution in [0.3, 0.4) is 0 Å². The first-order chi connectivity index (χ1) is 14.6. The Kier molecular flexibility index (Phi) is 6.29. The summed E-state index contributed by atoms with van der Waals surface area (Å²) >= 11 is 6.45. The molecule has 6 heteroatoms. The van der Waals surface area contributed by atoms with Gasteiger partial charge in [-0.1, -0.05) is 60.1 Å². The number of carbonyl (C=O) groups excluding carboxylic acids is 1. The first-order valence-corrected chi connectivity index (χ1v) is 10.7. The summed E-state index contributed by atoms with van der Waals surface area (Å²) in [6, 6.07) is 18.9. The fourth-order valence-corrected chi connectivity index (χ4v) is 4.24. The third kappa shape index (κ3) is 4.97. The van der Waals surface area contributed by atoms with Crippen molar-refractivity contribution < 1.29 is 4.79 Å². The highest BCUT2D eigenvalue weighted by Gasteiger charge is 2.23. The van der Waals surface area contributed by atoms with Crippen molar-refractivity contribution in [2.24, 2.45) is 0 Å². The van der Waals surface area contributed by atoms with Gasteiger partial charge in [-0.2, -0.15) is 0 Å². The number of amides is 1. The summed E-state index contributed by atoms with van der Waals surface area (Å²) in [6.45, 7) is 1.56. The van der Waals surface area contributed by atoms with Crippen LogP contribution in [-0.2, 0) is 4.79 Å². The molecule has 2 atom stereocenters. The second kappa shape index (κ2) is 9.26. The van der Waals surface area contributed by atoms with E-state index in [9.17, 15) is 4.79 Å². The number of rotatable bonds is 5. The van der Waals surface area contributed by atoms with Gasteiger partial charge in [-0.3, -0.25) is 4.79 Å². The molecule has 0 spiro atoms. The van der Waals surface area contributed by atoms with Crippen LogP contribution in [0.5, 0.6) is 0 Å².